The van der Waals surface area contributed by atoms with E-state index in [4.69, 9.17) is 0 Å². The number of nitrogens with one attached hydrogen (secondary N) is 1. The molecule has 0 bridgehead atoms. The maximum atomic E-state index is 3.50. The van der Waals surface area contributed by atoms with Gasteiger partial charge in [0.15, 0.2) is 0 Å². The molecule has 0 amide bonds. The third kappa shape index (κ3) is 1.95. The van der Waals surface area contributed by atoms with Gasteiger partial charge in [0.1, 0.15) is 0 Å². The molecule has 0 atom stereocenters. The normalized spacial score (nSPS) is 18.8. The van der Waals surface area contributed by atoms with Gasteiger partial charge in [-0.05, 0) is 34.4 Å². The fourth-order valence-electron chi connectivity index (χ4n) is 2.37. The van der Waals surface area contributed by atoms with Gasteiger partial charge in [0, 0.05) is 12.2 Å². The molecule has 0 aromatic heterocycles. The Balaban J connectivity index is 2.52. The number of benzene rings is 1. The highest BCUT2D eigenvalue weighted by Crippen LogP contribution is 2.38. The van der Waals surface area contributed by atoms with Crippen LogP contribution < -0.4 is 5.32 Å². The lowest BCUT2D eigenvalue weighted by Crippen LogP contribution is -2.29. The van der Waals surface area contributed by atoms with E-state index < -0.39 is 0 Å². The Morgan fingerprint density at radius 1 is 1.19 bits per heavy atom. The van der Waals surface area contributed by atoms with Gasteiger partial charge in [-0.25, -0.2) is 0 Å². The van der Waals surface area contributed by atoms with Crippen LogP contribution in [-0.4, -0.2) is 6.54 Å². The van der Waals surface area contributed by atoms with Gasteiger partial charge in [-0.15, -0.1) is 0 Å². The monoisotopic (exact) mass is 217 g/mol. The molecule has 1 aliphatic rings. The van der Waals surface area contributed by atoms with Gasteiger partial charge in [-0.3, -0.25) is 0 Å². The molecule has 16 heavy (non-hydrogen) atoms. The van der Waals surface area contributed by atoms with Crippen LogP contribution in [0.5, 0.6) is 0 Å². The lowest BCUT2D eigenvalue weighted by Gasteiger charge is -2.35. The molecule has 1 aromatic rings. The van der Waals surface area contributed by atoms with Crippen molar-refractivity contribution in [2.75, 3.05) is 11.9 Å². The Hall–Kier alpha value is -0.980. The Bertz CT molecular complexity index is 396. The highest BCUT2D eigenvalue weighted by molar-refractivity contribution is 5.58. The number of fused-ring (bicyclic) bond motifs is 1. The minimum Gasteiger partial charge on any atom is -0.385 e. The first-order chi connectivity index (χ1) is 7.31. The minimum atomic E-state index is 0.239. The van der Waals surface area contributed by atoms with Crippen molar-refractivity contribution in [1.82, 2.24) is 0 Å². The topological polar surface area (TPSA) is 12.0 Å². The molecule has 0 radical (unpaired) electrons. The maximum Gasteiger partial charge on any atom is 0.0378 e. The van der Waals surface area contributed by atoms with Crippen LogP contribution in [0.3, 0.4) is 0 Å². The highest BCUT2D eigenvalue weighted by Gasteiger charge is 2.28. The van der Waals surface area contributed by atoms with E-state index in [9.17, 15) is 0 Å². The summed E-state index contributed by atoms with van der Waals surface area (Å²) in [6.07, 6.45) is 1.22. The average molecular weight is 217 g/mol. The molecular weight excluding hydrogens is 194 g/mol. The van der Waals surface area contributed by atoms with Gasteiger partial charge in [-0.2, -0.15) is 0 Å². The first-order valence-electron chi connectivity index (χ1n) is 6.20. The molecule has 0 fully saturated rings. The summed E-state index contributed by atoms with van der Waals surface area (Å²) >= 11 is 0. The molecule has 1 heterocycles. The molecule has 1 aromatic carbocycles. The lowest BCUT2D eigenvalue weighted by molar-refractivity contribution is 0.479. The molecule has 1 heteroatoms. The van der Waals surface area contributed by atoms with E-state index in [1.54, 1.807) is 0 Å². The van der Waals surface area contributed by atoms with Crippen molar-refractivity contribution >= 4 is 5.69 Å². The van der Waals surface area contributed by atoms with Crippen LogP contribution in [0.15, 0.2) is 18.2 Å². The summed E-state index contributed by atoms with van der Waals surface area (Å²) < 4.78 is 0. The summed E-state index contributed by atoms with van der Waals surface area (Å²) in [6, 6.07) is 6.89. The second-order valence-corrected chi connectivity index (χ2v) is 6.57. The number of hydrogen-bond donors (Lipinski definition) is 1. The predicted octanol–water partition coefficient (Wildman–Crippen LogP) is 4.08. The largest absolute Gasteiger partial charge is 0.385 e. The molecular formula is C15H23N. The van der Waals surface area contributed by atoms with E-state index >= 15 is 0 Å². The molecule has 0 saturated heterocycles. The SMILES string of the molecule is CC(C)(C)c1ccc2c(c1)C(C)(C)CCN2. The van der Waals surface area contributed by atoms with Crippen molar-refractivity contribution in [2.45, 2.75) is 51.9 Å². The number of hydrogen-bond acceptors (Lipinski definition) is 1. The van der Waals surface area contributed by atoms with Crippen LogP contribution in [0, 0.1) is 0 Å². The van der Waals surface area contributed by atoms with E-state index in [0.717, 1.165) is 6.54 Å². The fourth-order valence-corrected chi connectivity index (χ4v) is 2.37. The summed E-state index contributed by atoms with van der Waals surface area (Å²) in [5, 5.41) is 3.50. The van der Waals surface area contributed by atoms with Crippen LogP contribution in [0.1, 0.15) is 52.2 Å². The third-order valence-electron chi connectivity index (χ3n) is 3.68. The third-order valence-corrected chi connectivity index (χ3v) is 3.68. The summed E-state index contributed by atoms with van der Waals surface area (Å²) in [5.41, 5.74) is 4.78. The molecule has 2 rings (SSSR count). The summed E-state index contributed by atoms with van der Waals surface area (Å²) in [7, 11) is 0. The van der Waals surface area contributed by atoms with Crippen LogP contribution in [0.2, 0.25) is 0 Å². The predicted molar refractivity (Wildman–Crippen MR) is 71.3 cm³/mol. The van der Waals surface area contributed by atoms with Crippen molar-refractivity contribution in [1.29, 1.82) is 0 Å². The van der Waals surface area contributed by atoms with E-state index in [1.807, 2.05) is 0 Å². The van der Waals surface area contributed by atoms with Crippen molar-refractivity contribution < 1.29 is 0 Å². The molecule has 1 aliphatic heterocycles. The van der Waals surface area contributed by atoms with Gasteiger partial charge in [0.2, 0.25) is 0 Å². The molecule has 0 unspecified atom stereocenters. The van der Waals surface area contributed by atoms with Crippen molar-refractivity contribution in [3.63, 3.8) is 0 Å². The van der Waals surface area contributed by atoms with E-state index in [1.165, 1.54) is 23.2 Å². The minimum absolute atomic E-state index is 0.239. The van der Waals surface area contributed by atoms with E-state index in [-0.39, 0.29) is 5.41 Å². The smallest absolute Gasteiger partial charge is 0.0378 e. The first kappa shape index (κ1) is 11.5. The van der Waals surface area contributed by atoms with Crippen LogP contribution in [0.25, 0.3) is 0 Å². The number of rotatable bonds is 0. The molecule has 0 aliphatic carbocycles. The standard InChI is InChI=1S/C15H23N/c1-14(2,3)11-6-7-13-12(10-11)15(4,5)8-9-16-13/h6-7,10,16H,8-9H2,1-5H3. The molecule has 88 valence electrons. The molecule has 1 nitrogen and oxygen atoms in total. The second kappa shape index (κ2) is 3.51. The first-order valence-corrected chi connectivity index (χ1v) is 6.20. The summed E-state index contributed by atoms with van der Waals surface area (Å²) in [5.74, 6) is 0. The summed E-state index contributed by atoms with van der Waals surface area (Å²) in [4.78, 5) is 0. The Kier molecular flexibility index (Phi) is 2.52. The van der Waals surface area contributed by atoms with Gasteiger partial charge in [0.25, 0.3) is 0 Å². The zero-order chi connectivity index (χ0) is 12.0. The van der Waals surface area contributed by atoms with Gasteiger partial charge >= 0.3 is 0 Å². The van der Waals surface area contributed by atoms with Gasteiger partial charge in [0.05, 0.1) is 0 Å². The van der Waals surface area contributed by atoms with Gasteiger partial charge < -0.3 is 5.32 Å². The van der Waals surface area contributed by atoms with Crippen LogP contribution >= 0.6 is 0 Å². The Morgan fingerprint density at radius 2 is 1.88 bits per heavy atom. The fraction of sp³-hybridized carbons (Fsp3) is 0.600. The highest BCUT2D eigenvalue weighted by atomic mass is 14.9. The van der Waals surface area contributed by atoms with E-state index in [0.29, 0.717) is 5.41 Å². The number of anilines is 1. The van der Waals surface area contributed by atoms with Crippen molar-refractivity contribution in [2.24, 2.45) is 0 Å². The van der Waals surface area contributed by atoms with Gasteiger partial charge in [-0.1, -0.05) is 46.8 Å². The summed E-state index contributed by atoms with van der Waals surface area (Å²) in [6.45, 7) is 12.6. The van der Waals surface area contributed by atoms with Crippen LogP contribution in [-0.2, 0) is 10.8 Å². The Morgan fingerprint density at radius 3 is 2.50 bits per heavy atom. The average Bonchev–Trinajstić information content (AvgIpc) is 2.15. The Labute approximate surface area is 99.3 Å². The lowest BCUT2D eigenvalue weighted by atomic mass is 9.75. The van der Waals surface area contributed by atoms with Crippen LogP contribution in [0.4, 0.5) is 5.69 Å². The second-order valence-electron chi connectivity index (χ2n) is 6.57. The molecule has 0 saturated carbocycles. The maximum absolute atomic E-state index is 3.50. The zero-order valence-electron chi connectivity index (χ0n) is 11.1. The zero-order valence-corrected chi connectivity index (χ0v) is 11.1. The van der Waals surface area contributed by atoms with Crippen molar-refractivity contribution in [3.8, 4) is 0 Å². The molecule has 1 N–H and O–H groups in total. The quantitative estimate of drug-likeness (QED) is 0.690. The van der Waals surface area contributed by atoms with E-state index in [2.05, 4.69) is 58.1 Å². The van der Waals surface area contributed by atoms with Crippen molar-refractivity contribution in [3.05, 3.63) is 29.3 Å². The molecule has 0 spiro atoms.